The van der Waals surface area contributed by atoms with Gasteiger partial charge in [-0.3, -0.25) is 9.59 Å². The summed E-state index contributed by atoms with van der Waals surface area (Å²) in [5, 5.41) is 17.7. The number of hydrogen-bond acceptors (Lipinski definition) is 3. The molecule has 0 spiro atoms. The van der Waals surface area contributed by atoms with Crippen molar-refractivity contribution >= 4 is 22.8 Å². The van der Waals surface area contributed by atoms with E-state index in [2.05, 4.69) is 6.58 Å². The molecule has 0 saturated heterocycles. The summed E-state index contributed by atoms with van der Waals surface area (Å²) in [5.74, 6) is -0.745. The van der Waals surface area contributed by atoms with E-state index in [1.54, 1.807) is 6.08 Å². The van der Waals surface area contributed by atoms with Crippen molar-refractivity contribution in [1.29, 1.82) is 0 Å². The summed E-state index contributed by atoms with van der Waals surface area (Å²) in [4.78, 5) is 21.5. The smallest absolute Gasteiger partial charge is 0.308 e. The van der Waals surface area contributed by atoms with Crippen LogP contribution in [0.3, 0.4) is 0 Å². The zero-order valence-corrected chi connectivity index (χ0v) is 12.5. The summed E-state index contributed by atoms with van der Waals surface area (Å²) in [6.45, 7) is 3.82. The molecule has 5 nitrogen and oxygen atoms in total. The fourth-order valence-electron chi connectivity index (χ4n) is 1.90. The van der Waals surface area contributed by atoms with Gasteiger partial charge in [0.1, 0.15) is 11.5 Å². The third kappa shape index (κ3) is 6.97. The summed E-state index contributed by atoms with van der Waals surface area (Å²) >= 11 is 0. The Morgan fingerprint density at radius 3 is 1.95 bits per heavy atom. The predicted octanol–water partition coefficient (Wildman–Crippen LogP) is 2.30. The van der Waals surface area contributed by atoms with Crippen LogP contribution in [0.4, 0.5) is 0 Å². The molecule has 0 bridgehead atoms. The summed E-state index contributed by atoms with van der Waals surface area (Å²) in [7, 11) is -0.334. The van der Waals surface area contributed by atoms with E-state index in [-0.39, 0.29) is 34.5 Å². The van der Waals surface area contributed by atoms with Gasteiger partial charge in [0.05, 0.1) is 12.8 Å². The molecule has 1 aromatic rings. The highest BCUT2D eigenvalue weighted by atomic mass is 32.2. The molecule has 0 aliphatic heterocycles. The van der Waals surface area contributed by atoms with Crippen LogP contribution in [0.25, 0.3) is 0 Å². The molecule has 6 heteroatoms. The molecule has 1 aromatic carbocycles. The standard InChI is InChI=1S/C15H18O4S.H2O/c1-2-13(12-6-4-3-5-7-12)20(10-8-14(16)17)11-9-15(18)19;/h2-7,13H,1,8-11H2,(H-,16,17,18,19);1H2. The fourth-order valence-corrected chi connectivity index (χ4v) is 4.30. The molecule has 1 unspecified atom stereocenters. The Balaban J connectivity index is 0.00000400. The van der Waals surface area contributed by atoms with Crippen LogP contribution in [0.2, 0.25) is 0 Å². The first kappa shape index (κ1) is 19.2. The lowest BCUT2D eigenvalue weighted by atomic mass is 10.1. The molecular weight excluding hydrogens is 292 g/mol. The van der Waals surface area contributed by atoms with Crippen molar-refractivity contribution in [2.24, 2.45) is 0 Å². The average molecular weight is 312 g/mol. The van der Waals surface area contributed by atoms with Gasteiger partial charge >= 0.3 is 11.9 Å². The SMILES string of the molecule is C=CC(c1ccccc1)[S+](CCC(=O)O)CCC(=O)O.[OH-]. The van der Waals surface area contributed by atoms with E-state index in [0.29, 0.717) is 11.5 Å². The minimum atomic E-state index is -0.853. The van der Waals surface area contributed by atoms with Crippen LogP contribution in [0, 0.1) is 0 Å². The van der Waals surface area contributed by atoms with E-state index >= 15 is 0 Å². The maximum absolute atomic E-state index is 10.8. The Hall–Kier alpha value is -1.79. The lowest BCUT2D eigenvalue weighted by molar-refractivity contribution is -0.137. The van der Waals surface area contributed by atoms with Crippen LogP contribution in [0.5, 0.6) is 0 Å². The van der Waals surface area contributed by atoms with Gasteiger partial charge in [-0.1, -0.05) is 36.9 Å². The Morgan fingerprint density at radius 1 is 1.10 bits per heavy atom. The molecule has 3 N–H and O–H groups in total. The molecule has 0 amide bonds. The number of carboxylic acids is 2. The van der Waals surface area contributed by atoms with Crippen LogP contribution >= 0.6 is 0 Å². The van der Waals surface area contributed by atoms with Crippen LogP contribution in [-0.4, -0.2) is 39.1 Å². The van der Waals surface area contributed by atoms with Gasteiger partial charge in [-0.25, -0.2) is 0 Å². The second-order valence-electron chi connectivity index (χ2n) is 4.30. The molecule has 0 aliphatic carbocycles. The van der Waals surface area contributed by atoms with Gasteiger partial charge in [0.25, 0.3) is 0 Å². The van der Waals surface area contributed by atoms with E-state index in [4.69, 9.17) is 10.2 Å². The van der Waals surface area contributed by atoms with Crippen LogP contribution in [0.1, 0.15) is 23.7 Å². The second kappa shape index (κ2) is 10.0. The molecule has 0 aliphatic rings. The van der Waals surface area contributed by atoms with Gasteiger partial charge in [-0.05, 0) is 17.0 Å². The average Bonchev–Trinajstić information content (AvgIpc) is 2.42. The van der Waals surface area contributed by atoms with Crippen molar-refractivity contribution in [3.05, 3.63) is 48.6 Å². The van der Waals surface area contributed by atoms with Gasteiger partial charge in [0.15, 0.2) is 5.25 Å². The number of hydrogen-bond donors (Lipinski definition) is 2. The Kier molecular flexibility index (Phi) is 9.16. The van der Waals surface area contributed by atoms with Crippen molar-refractivity contribution in [1.82, 2.24) is 0 Å². The van der Waals surface area contributed by atoms with Crippen molar-refractivity contribution in [2.45, 2.75) is 18.1 Å². The molecule has 0 radical (unpaired) electrons. The quantitative estimate of drug-likeness (QED) is 0.538. The number of rotatable bonds is 9. The Labute approximate surface area is 127 Å². The van der Waals surface area contributed by atoms with Crippen molar-refractivity contribution in [3.63, 3.8) is 0 Å². The Bertz CT molecular complexity index is 442. The van der Waals surface area contributed by atoms with Crippen molar-refractivity contribution in [3.8, 4) is 0 Å². The van der Waals surface area contributed by atoms with E-state index in [1.807, 2.05) is 30.3 Å². The molecule has 0 aromatic heterocycles. The molecule has 1 rings (SSSR count). The second-order valence-corrected chi connectivity index (χ2v) is 6.70. The molecular formula is C15H20O5S. The highest BCUT2D eigenvalue weighted by Crippen LogP contribution is 2.27. The van der Waals surface area contributed by atoms with E-state index < -0.39 is 11.9 Å². The van der Waals surface area contributed by atoms with Gasteiger partial charge in [0, 0.05) is 5.56 Å². The summed E-state index contributed by atoms with van der Waals surface area (Å²) in [6.07, 6.45) is 1.90. The highest BCUT2D eigenvalue weighted by molar-refractivity contribution is 7.97. The first-order valence-electron chi connectivity index (χ1n) is 6.32. The summed E-state index contributed by atoms with van der Waals surface area (Å²) in [6, 6.07) is 9.68. The molecule has 0 fully saturated rings. The van der Waals surface area contributed by atoms with Gasteiger partial charge in [-0.2, -0.15) is 0 Å². The maximum atomic E-state index is 10.8. The maximum Gasteiger partial charge on any atom is 0.308 e. The molecule has 0 saturated carbocycles. The van der Waals surface area contributed by atoms with Gasteiger partial charge in [-0.15, -0.1) is 0 Å². The number of carboxylic acid groups (broad SMARTS) is 2. The summed E-state index contributed by atoms with van der Waals surface area (Å²) < 4.78 is 0. The molecule has 116 valence electrons. The van der Waals surface area contributed by atoms with E-state index in [1.165, 1.54) is 0 Å². The van der Waals surface area contributed by atoms with Crippen LogP contribution in [0.15, 0.2) is 43.0 Å². The molecule has 1 atom stereocenters. The van der Waals surface area contributed by atoms with Gasteiger partial charge < -0.3 is 15.7 Å². The fraction of sp³-hybridized carbons (Fsp3) is 0.333. The first-order valence-corrected chi connectivity index (χ1v) is 7.94. The van der Waals surface area contributed by atoms with Crippen molar-refractivity contribution < 1.29 is 25.3 Å². The third-order valence-electron chi connectivity index (χ3n) is 2.86. The summed E-state index contributed by atoms with van der Waals surface area (Å²) in [5.41, 5.74) is 1.06. The zero-order valence-electron chi connectivity index (χ0n) is 11.6. The first-order chi connectivity index (χ1) is 9.54. The van der Waals surface area contributed by atoms with Crippen molar-refractivity contribution in [2.75, 3.05) is 11.5 Å². The minimum absolute atomic E-state index is 0. The number of benzene rings is 1. The van der Waals surface area contributed by atoms with Gasteiger partial charge in [0.2, 0.25) is 0 Å². The lowest BCUT2D eigenvalue weighted by Crippen LogP contribution is -2.23. The highest BCUT2D eigenvalue weighted by Gasteiger charge is 2.30. The van der Waals surface area contributed by atoms with E-state index in [0.717, 1.165) is 5.56 Å². The van der Waals surface area contributed by atoms with Crippen LogP contribution in [-0.2, 0) is 20.5 Å². The lowest BCUT2D eigenvalue weighted by Gasteiger charge is -2.16. The third-order valence-corrected chi connectivity index (χ3v) is 5.50. The molecule has 21 heavy (non-hydrogen) atoms. The zero-order chi connectivity index (χ0) is 15.0. The normalized spacial score (nSPS) is 11.5. The Morgan fingerprint density at radius 2 is 1.57 bits per heavy atom. The largest absolute Gasteiger partial charge is 0.870 e. The molecule has 0 heterocycles. The topological polar surface area (TPSA) is 105 Å². The number of carbonyl (C=O) groups is 2. The predicted molar refractivity (Wildman–Crippen MR) is 82.9 cm³/mol. The van der Waals surface area contributed by atoms with E-state index in [9.17, 15) is 9.59 Å². The monoisotopic (exact) mass is 312 g/mol. The number of aliphatic carboxylic acids is 2. The minimum Gasteiger partial charge on any atom is -0.870 e. The van der Waals surface area contributed by atoms with Crippen LogP contribution < -0.4 is 0 Å².